The molecule has 0 aromatic heterocycles. The van der Waals surface area contributed by atoms with Crippen LogP contribution in [0.25, 0.3) is 11.1 Å². The lowest BCUT2D eigenvalue weighted by Gasteiger charge is -2.19. The Labute approximate surface area is 165 Å². The van der Waals surface area contributed by atoms with Gasteiger partial charge in [0, 0.05) is 7.11 Å². The Morgan fingerprint density at radius 1 is 0.889 bits per heavy atom. The second-order valence-electron chi connectivity index (χ2n) is 7.87. The van der Waals surface area contributed by atoms with Crippen molar-refractivity contribution in [3.8, 4) is 11.1 Å². The maximum Gasteiger partial charge on any atom is 0.0611 e. The van der Waals surface area contributed by atoms with Crippen molar-refractivity contribution < 1.29 is 9.84 Å². The van der Waals surface area contributed by atoms with E-state index < -0.39 is 0 Å². The zero-order valence-corrected chi connectivity index (χ0v) is 17.7. The summed E-state index contributed by atoms with van der Waals surface area (Å²) in [6, 6.07) is 13.4. The summed E-state index contributed by atoms with van der Waals surface area (Å²) in [7, 11) is 1.81. The van der Waals surface area contributed by atoms with Gasteiger partial charge in [0.25, 0.3) is 0 Å². The van der Waals surface area contributed by atoms with Crippen LogP contribution in [0.2, 0.25) is 0 Å². The Morgan fingerprint density at radius 3 is 2.30 bits per heavy atom. The summed E-state index contributed by atoms with van der Waals surface area (Å²) in [5, 5.41) is 10.2. The van der Waals surface area contributed by atoms with Gasteiger partial charge in [0.1, 0.15) is 0 Å². The van der Waals surface area contributed by atoms with E-state index >= 15 is 0 Å². The van der Waals surface area contributed by atoms with Crippen LogP contribution in [0.15, 0.2) is 36.4 Å². The lowest BCUT2D eigenvalue weighted by atomic mass is 9.90. The first-order chi connectivity index (χ1) is 13.0. The Kier molecular flexibility index (Phi) is 8.53. The fraction of sp³-hybridized carbons (Fsp3) is 0.520. The van der Waals surface area contributed by atoms with Gasteiger partial charge in [-0.2, -0.15) is 0 Å². The van der Waals surface area contributed by atoms with E-state index in [0.29, 0.717) is 0 Å². The van der Waals surface area contributed by atoms with E-state index in [2.05, 4.69) is 64.1 Å². The number of rotatable bonds is 10. The smallest absolute Gasteiger partial charge is 0.0611 e. The third-order valence-electron chi connectivity index (χ3n) is 5.20. The zero-order valence-electron chi connectivity index (χ0n) is 17.7. The highest BCUT2D eigenvalue weighted by Crippen LogP contribution is 2.29. The predicted octanol–water partition coefficient (Wildman–Crippen LogP) is 6.03. The van der Waals surface area contributed by atoms with Gasteiger partial charge in [-0.3, -0.25) is 0 Å². The second kappa shape index (κ2) is 10.6. The van der Waals surface area contributed by atoms with Crippen molar-refractivity contribution in [3.63, 3.8) is 0 Å². The molecule has 0 fully saturated rings. The van der Waals surface area contributed by atoms with Crippen molar-refractivity contribution in [1.82, 2.24) is 0 Å². The minimum atomic E-state index is -0.260. The molecule has 2 aromatic rings. The zero-order chi connectivity index (χ0) is 19.8. The number of methoxy groups -OCH3 is 1. The normalized spacial score (nSPS) is 13.6. The van der Waals surface area contributed by atoms with Crippen molar-refractivity contribution in [3.05, 3.63) is 58.7 Å². The van der Waals surface area contributed by atoms with Gasteiger partial charge in [0.15, 0.2) is 0 Å². The highest BCUT2D eigenvalue weighted by molar-refractivity contribution is 5.69. The van der Waals surface area contributed by atoms with Crippen LogP contribution in [-0.2, 0) is 17.6 Å². The van der Waals surface area contributed by atoms with E-state index in [1.165, 1.54) is 33.4 Å². The van der Waals surface area contributed by atoms with Gasteiger partial charge in [-0.1, -0.05) is 74.2 Å². The highest BCUT2D eigenvalue weighted by Gasteiger charge is 2.14. The Hall–Kier alpha value is -1.64. The number of aliphatic hydroxyl groups is 1. The van der Waals surface area contributed by atoms with Gasteiger partial charge < -0.3 is 9.84 Å². The lowest BCUT2D eigenvalue weighted by molar-refractivity contribution is 0.0950. The average molecular weight is 369 g/mol. The lowest BCUT2D eigenvalue weighted by Crippen LogP contribution is -2.14. The molecule has 2 aromatic carbocycles. The number of hydrogen-bond donors (Lipinski definition) is 1. The topological polar surface area (TPSA) is 29.5 Å². The van der Waals surface area contributed by atoms with Crippen molar-refractivity contribution in [1.29, 1.82) is 0 Å². The van der Waals surface area contributed by atoms with Gasteiger partial charge >= 0.3 is 0 Å². The quantitative estimate of drug-likeness (QED) is 0.554. The number of aliphatic hydroxyl groups excluding tert-OH is 1. The van der Waals surface area contributed by atoms with Gasteiger partial charge in [0.05, 0.1) is 12.2 Å². The van der Waals surface area contributed by atoms with E-state index in [9.17, 15) is 5.11 Å². The Bertz CT molecular complexity index is 720. The molecule has 0 saturated carbocycles. The molecule has 2 rings (SSSR count). The Balaban J connectivity index is 2.38. The minimum absolute atomic E-state index is 0.257. The van der Waals surface area contributed by atoms with Crippen LogP contribution in [0.4, 0.5) is 0 Å². The fourth-order valence-corrected chi connectivity index (χ4v) is 3.85. The molecule has 0 aliphatic rings. The van der Waals surface area contributed by atoms with E-state index in [1.807, 2.05) is 7.11 Å². The van der Waals surface area contributed by atoms with E-state index in [-0.39, 0.29) is 12.2 Å². The molecule has 0 bridgehead atoms. The van der Waals surface area contributed by atoms with Gasteiger partial charge in [-0.05, 0) is 61.8 Å². The summed E-state index contributed by atoms with van der Waals surface area (Å²) >= 11 is 0. The number of ether oxygens (including phenoxy) is 1. The first-order valence-electron chi connectivity index (χ1n) is 10.4. The molecule has 0 spiro atoms. The molecule has 1 N–H and O–H groups in total. The molecule has 0 radical (unpaired) electrons. The van der Waals surface area contributed by atoms with Crippen LogP contribution in [-0.4, -0.2) is 24.4 Å². The van der Waals surface area contributed by atoms with Gasteiger partial charge in [0.2, 0.25) is 0 Å². The second-order valence-corrected chi connectivity index (χ2v) is 7.87. The van der Waals surface area contributed by atoms with Gasteiger partial charge in [-0.15, -0.1) is 0 Å². The third kappa shape index (κ3) is 6.48. The molecule has 27 heavy (non-hydrogen) atoms. The molecule has 2 nitrogen and oxygen atoms in total. The monoisotopic (exact) mass is 368 g/mol. The predicted molar refractivity (Wildman–Crippen MR) is 115 cm³/mol. The highest BCUT2D eigenvalue weighted by atomic mass is 16.5. The van der Waals surface area contributed by atoms with Crippen LogP contribution < -0.4 is 0 Å². The molecule has 148 valence electrons. The summed E-state index contributed by atoms with van der Waals surface area (Å²) in [6.45, 7) is 8.61. The van der Waals surface area contributed by atoms with Crippen LogP contribution in [0.1, 0.15) is 61.8 Å². The molecule has 0 aliphatic heterocycles. The van der Waals surface area contributed by atoms with E-state index in [1.54, 1.807) is 0 Å². The average Bonchev–Trinajstić information content (AvgIpc) is 2.62. The SMILES string of the molecule is CCCC(Cc1ccc(C)cc1-c1cc(C)cc(C[C@@H](O)CCC)c1)OC. The van der Waals surface area contributed by atoms with Crippen LogP contribution in [0.5, 0.6) is 0 Å². The summed E-state index contributed by atoms with van der Waals surface area (Å²) in [6.07, 6.45) is 5.72. The molecule has 0 aliphatic carbocycles. The number of benzene rings is 2. The Morgan fingerprint density at radius 2 is 1.63 bits per heavy atom. The number of hydrogen-bond acceptors (Lipinski definition) is 2. The maximum absolute atomic E-state index is 10.2. The van der Waals surface area contributed by atoms with Crippen LogP contribution >= 0.6 is 0 Å². The van der Waals surface area contributed by atoms with Crippen LogP contribution in [0, 0.1) is 13.8 Å². The van der Waals surface area contributed by atoms with Crippen LogP contribution in [0.3, 0.4) is 0 Å². The summed E-state index contributed by atoms with van der Waals surface area (Å²) in [5.41, 5.74) is 7.62. The molecule has 0 amide bonds. The van der Waals surface area contributed by atoms with Crippen molar-refractivity contribution in [2.24, 2.45) is 0 Å². The van der Waals surface area contributed by atoms with Crippen molar-refractivity contribution in [2.45, 2.75) is 78.4 Å². The van der Waals surface area contributed by atoms with E-state index in [4.69, 9.17) is 4.74 Å². The molecule has 2 atom stereocenters. The van der Waals surface area contributed by atoms with Crippen molar-refractivity contribution >= 4 is 0 Å². The minimum Gasteiger partial charge on any atom is -0.393 e. The van der Waals surface area contributed by atoms with Gasteiger partial charge in [-0.25, -0.2) is 0 Å². The molecular weight excluding hydrogens is 332 g/mol. The number of aryl methyl sites for hydroxylation is 2. The molecule has 0 heterocycles. The largest absolute Gasteiger partial charge is 0.393 e. The van der Waals surface area contributed by atoms with Crippen molar-refractivity contribution in [2.75, 3.05) is 7.11 Å². The summed E-state index contributed by atoms with van der Waals surface area (Å²) in [4.78, 5) is 0. The van der Waals surface area contributed by atoms with E-state index in [0.717, 1.165) is 38.5 Å². The molecule has 2 heteroatoms. The summed E-state index contributed by atoms with van der Waals surface area (Å²) in [5.74, 6) is 0. The maximum atomic E-state index is 10.2. The molecule has 0 saturated heterocycles. The third-order valence-corrected chi connectivity index (χ3v) is 5.20. The summed E-state index contributed by atoms with van der Waals surface area (Å²) < 4.78 is 5.71. The first-order valence-corrected chi connectivity index (χ1v) is 10.4. The molecule has 1 unspecified atom stereocenters. The standard InChI is InChI=1S/C25H36O2/c1-6-8-23(26)16-20-12-19(4)13-22(15-20)25-14-18(3)10-11-21(25)17-24(27-5)9-7-2/h10-15,23-24,26H,6-9,16-17H2,1-5H3/t23-,24?/m0/s1. The first kappa shape index (κ1) is 21.7. The fourth-order valence-electron chi connectivity index (χ4n) is 3.85. The molecular formula is C25H36O2.